The van der Waals surface area contributed by atoms with Gasteiger partial charge in [0, 0.05) is 18.7 Å². The van der Waals surface area contributed by atoms with Crippen molar-refractivity contribution in [3.8, 4) is 5.69 Å². The fourth-order valence-corrected chi connectivity index (χ4v) is 2.57. The second kappa shape index (κ2) is 7.11. The van der Waals surface area contributed by atoms with Crippen molar-refractivity contribution in [3.63, 3.8) is 0 Å². The largest absolute Gasteiger partial charge is 0.338 e. The van der Waals surface area contributed by atoms with Crippen molar-refractivity contribution in [3.05, 3.63) is 42.2 Å². The van der Waals surface area contributed by atoms with Gasteiger partial charge in [0.05, 0.1) is 0 Å². The number of hydrogen-bond acceptors (Lipinski definition) is 3. The Morgan fingerprint density at radius 2 is 2.04 bits per heavy atom. The summed E-state index contributed by atoms with van der Waals surface area (Å²) in [5.74, 6) is -0.301. The zero-order valence-electron chi connectivity index (χ0n) is 15.0. The van der Waals surface area contributed by atoms with E-state index in [1.165, 1.54) is 23.4 Å². The van der Waals surface area contributed by atoms with Crippen LogP contribution < -0.4 is 0 Å². The van der Waals surface area contributed by atoms with E-state index in [9.17, 15) is 9.18 Å². The van der Waals surface area contributed by atoms with Crippen LogP contribution in [0.4, 0.5) is 4.39 Å². The molecule has 130 valence electrons. The molecular formula is C18H25FN4O. The van der Waals surface area contributed by atoms with Gasteiger partial charge >= 0.3 is 0 Å². The van der Waals surface area contributed by atoms with Gasteiger partial charge in [0.2, 0.25) is 0 Å². The summed E-state index contributed by atoms with van der Waals surface area (Å²) >= 11 is 0. The van der Waals surface area contributed by atoms with Gasteiger partial charge in [-0.15, -0.1) is 0 Å². The van der Waals surface area contributed by atoms with Crippen molar-refractivity contribution in [2.24, 2.45) is 11.3 Å². The van der Waals surface area contributed by atoms with Crippen molar-refractivity contribution in [1.29, 1.82) is 0 Å². The Kier molecular flexibility index (Phi) is 5.36. The van der Waals surface area contributed by atoms with Gasteiger partial charge in [-0.1, -0.05) is 34.6 Å². The smallest absolute Gasteiger partial charge is 0.253 e. The quantitative estimate of drug-likeness (QED) is 0.841. The minimum absolute atomic E-state index is 0.0240. The maximum atomic E-state index is 14.4. The Bertz CT molecular complexity index is 690. The Morgan fingerprint density at radius 1 is 1.33 bits per heavy atom. The lowest BCUT2D eigenvalue weighted by Crippen LogP contribution is -2.40. The molecule has 0 aliphatic rings. The summed E-state index contributed by atoms with van der Waals surface area (Å²) in [6, 6.07) is 4.47. The first kappa shape index (κ1) is 18.1. The third kappa shape index (κ3) is 4.63. The first-order valence-corrected chi connectivity index (χ1v) is 8.11. The number of carbonyl (C=O) groups is 1. The van der Waals surface area contributed by atoms with Crippen molar-refractivity contribution in [2.75, 3.05) is 13.1 Å². The van der Waals surface area contributed by atoms with Crippen LogP contribution in [0.25, 0.3) is 5.69 Å². The van der Waals surface area contributed by atoms with Crippen LogP contribution in [0.2, 0.25) is 0 Å². The van der Waals surface area contributed by atoms with Crippen molar-refractivity contribution in [2.45, 2.75) is 34.6 Å². The number of rotatable bonds is 5. The molecule has 0 saturated carbocycles. The normalized spacial score (nSPS) is 11.8. The SMILES string of the molecule is CC(C)CN(CC(C)(C)C)C(=O)c1ccc(-n2cncn2)c(F)c1. The zero-order valence-corrected chi connectivity index (χ0v) is 15.0. The van der Waals surface area contributed by atoms with Crippen LogP contribution in [0.15, 0.2) is 30.9 Å². The second-order valence-corrected chi connectivity index (χ2v) is 7.65. The minimum Gasteiger partial charge on any atom is -0.338 e. The van der Waals surface area contributed by atoms with E-state index in [0.717, 1.165) is 0 Å². The molecule has 1 aromatic heterocycles. The lowest BCUT2D eigenvalue weighted by Gasteiger charge is -2.31. The summed E-state index contributed by atoms with van der Waals surface area (Å²) in [6.07, 6.45) is 2.76. The van der Waals surface area contributed by atoms with Gasteiger partial charge in [-0.25, -0.2) is 14.1 Å². The van der Waals surface area contributed by atoms with E-state index in [1.807, 2.05) is 0 Å². The summed E-state index contributed by atoms with van der Waals surface area (Å²) in [4.78, 5) is 18.4. The van der Waals surface area contributed by atoms with Crippen molar-refractivity contribution in [1.82, 2.24) is 19.7 Å². The lowest BCUT2D eigenvalue weighted by molar-refractivity contribution is 0.0671. The number of amides is 1. The molecule has 0 aliphatic carbocycles. The van der Waals surface area contributed by atoms with E-state index >= 15 is 0 Å². The number of hydrogen-bond donors (Lipinski definition) is 0. The van der Waals surface area contributed by atoms with E-state index in [1.54, 1.807) is 17.0 Å². The van der Waals surface area contributed by atoms with Gasteiger partial charge in [0.25, 0.3) is 5.91 Å². The molecule has 0 N–H and O–H groups in total. The van der Waals surface area contributed by atoms with Gasteiger partial charge in [-0.2, -0.15) is 5.10 Å². The summed E-state index contributed by atoms with van der Waals surface area (Å²) in [5, 5.41) is 3.91. The van der Waals surface area contributed by atoms with E-state index in [4.69, 9.17) is 0 Å². The molecule has 0 aliphatic heterocycles. The summed E-state index contributed by atoms with van der Waals surface area (Å²) < 4.78 is 15.7. The molecule has 0 bridgehead atoms. The number of halogens is 1. The maximum Gasteiger partial charge on any atom is 0.253 e. The molecule has 2 rings (SSSR count). The maximum absolute atomic E-state index is 14.4. The van der Waals surface area contributed by atoms with E-state index in [2.05, 4.69) is 44.7 Å². The highest BCUT2D eigenvalue weighted by molar-refractivity contribution is 5.94. The summed E-state index contributed by atoms with van der Waals surface area (Å²) in [7, 11) is 0. The van der Waals surface area contributed by atoms with Crippen LogP contribution in [0.5, 0.6) is 0 Å². The highest BCUT2D eigenvalue weighted by atomic mass is 19.1. The topological polar surface area (TPSA) is 51.0 Å². The van der Waals surface area contributed by atoms with Crippen LogP contribution in [0.1, 0.15) is 45.0 Å². The molecule has 5 nitrogen and oxygen atoms in total. The second-order valence-electron chi connectivity index (χ2n) is 7.65. The Balaban J connectivity index is 2.27. The Morgan fingerprint density at radius 3 is 2.54 bits per heavy atom. The molecule has 0 spiro atoms. The Hall–Kier alpha value is -2.24. The van der Waals surface area contributed by atoms with Gasteiger partial charge in [-0.3, -0.25) is 4.79 Å². The number of nitrogens with zero attached hydrogens (tertiary/aromatic N) is 4. The van der Waals surface area contributed by atoms with Crippen molar-refractivity contribution < 1.29 is 9.18 Å². The van der Waals surface area contributed by atoms with Gasteiger partial charge in [0.1, 0.15) is 24.2 Å². The molecule has 2 aromatic rings. The monoisotopic (exact) mass is 332 g/mol. The molecular weight excluding hydrogens is 307 g/mol. The summed E-state index contributed by atoms with van der Waals surface area (Å²) in [5.41, 5.74) is 0.598. The molecule has 0 radical (unpaired) electrons. The molecule has 0 saturated heterocycles. The molecule has 1 amide bonds. The zero-order chi connectivity index (χ0) is 17.9. The van der Waals surface area contributed by atoms with Crippen LogP contribution in [0, 0.1) is 17.2 Å². The van der Waals surface area contributed by atoms with Crippen LogP contribution in [-0.2, 0) is 0 Å². The molecule has 1 aromatic carbocycles. The first-order chi connectivity index (χ1) is 11.2. The predicted octanol–water partition coefficient (Wildman–Crippen LogP) is 3.55. The number of carbonyl (C=O) groups excluding carboxylic acids is 1. The molecule has 24 heavy (non-hydrogen) atoms. The molecule has 0 unspecified atom stereocenters. The van der Waals surface area contributed by atoms with Crippen LogP contribution in [0.3, 0.4) is 0 Å². The van der Waals surface area contributed by atoms with Crippen LogP contribution >= 0.6 is 0 Å². The lowest BCUT2D eigenvalue weighted by atomic mass is 9.95. The number of aromatic nitrogens is 3. The van der Waals surface area contributed by atoms with E-state index in [-0.39, 0.29) is 17.0 Å². The fraction of sp³-hybridized carbons (Fsp3) is 0.500. The molecule has 0 atom stereocenters. The highest BCUT2D eigenvalue weighted by Gasteiger charge is 2.23. The predicted molar refractivity (Wildman–Crippen MR) is 91.5 cm³/mol. The van der Waals surface area contributed by atoms with E-state index < -0.39 is 5.82 Å². The minimum atomic E-state index is -0.494. The third-order valence-corrected chi connectivity index (χ3v) is 3.40. The van der Waals surface area contributed by atoms with Crippen LogP contribution in [-0.4, -0.2) is 38.7 Å². The van der Waals surface area contributed by atoms with Crippen molar-refractivity contribution >= 4 is 5.91 Å². The standard InChI is InChI=1S/C18H25FN4O/c1-13(2)9-22(10-18(3,4)5)17(24)14-6-7-16(15(19)8-14)23-12-20-11-21-23/h6-8,11-13H,9-10H2,1-5H3. The first-order valence-electron chi connectivity index (χ1n) is 8.11. The highest BCUT2D eigenvalue weighted by Crippen LogP contribution is 2.20. The Labute approximate surface area is 142 Å². The average molecular weight is 332 g/mol. The molecule has 1 heterocycles. The number of benzene rings is 1. The van der Waals surface area contributed by atoms with Gasteiger partial charge in [0.15, 0.2) is 0 Å². The van der Waals surface area contributed by atoms with E-state index in [0.29, 0.717) is 24.6 Å². The van der Waals surface area contributed by atoms with Gasteiger partial charge < -0.3 is 4.90 Å². The fourth-order valence-electron chi connectivity index (χ4n) is 2.57. The molecule has 0 fully saturated rings. The molecule has 6 heteroatoms. The third-order valence-electron chi connectivity index (χ3n) is 3.40. The average Bonchev–Trinajstić information content (AvgIpc) is 2.97. The summed E-state index contributed by atoms with van der Waals surface area (Å²) in [6.45, 7) is 11.7. The van der Waals surface area contributed by atoms with Gasteiger partial charge in [-0.05, 0) is 29.5 Å².